The van der Waals surface area contributed by atoms with E-state index in [-0.39, 0.29) is 24.0 Å². The van der Waals surface area contributed by atoms with Crippen LogP contribution in [0, 0.1) is 0 Å². The summed E-state index contributed by atoms with van der Waals surface area (Å²) in [6.45, 7) is 3.27. The van der Waals surface area contributed by atoms with E-state index < -0.39 is 0 Å². The first-order valence-corrected chi connectivity index (χ1v) is 7.78. The van der Waals surface area contributed by atoms with Crippen LogP contribution in [0.15, 0.2) is 0 Å². The van der Waals surface area contributed by atoms with Crippen LogP contribution in [0.2, 0.25) is 0 Å². The molecule has 0 bridgehead atoms. The van der Waals surface area contributed by atoms with Crippen molar-refractivity contribution in [2.75, 3.05) is 6.54 Å². The molecule has 1 amide bonds. The largest absolute Gasteiger partial charge is 0.349 e. The van der Waals surface area contributed by atoms with Gasteiger partial charge in [-0.15, -0.1) is 0 Å². The van der Waals surface area contributed by atoms with Gasteiger partial charge in [0.15, 0.2) is 0 Å². The van der Waals surface area contributed by atoms with Gasteiger partial charge in [0.25, 0.3) is 0 Å². The van der Waals surface area contributed by atoms with Gasteiger partial charge in [-0.1, -0.05) is 38.5 Å². The van der Waals surface area contributed by atoms with E-state index >= 15 is 0 Å². The van der Waals surface area contributed by atoms with E-state index in [1.165, 1.54) is 26.2 Å². The van der Waals surface area contributed by atoms with Crippen LogP contribution in [-0.4, -0.2) is 24.0 Å². The van der Waals surface area contributed by atoms with Crippen LogP contribution in [0.4, 0.5) is 0 Å². The molecular weight excluding hydrogens is 254 g/mol. The van der Waals surface area contributed by atoms with Gasteiger partial charge in [-0.3, -0.25) is 9.59 Å². The summed E-state index contributed by atoms with van der Waals surface area (Å²) in [7, 11) is 0. The van der Waals surface area contributed by atoms with Crippen LogP contribution >= 0.6 is 0 Å². The highest BCUT2D eigenvalue weighted by Crippen LogP contribution is 2.10. The first kappa shape index (κ1) is 18.8. The predicted molar refractivity (Wildman–Crippen MR) is 80.5 cm³/mol. The molecule has 0 aromatic heterocycles. The monoisotopic (exact) mass is 283 g/mol. The van der Waals surface area contributed by atoms with Crippen molar-refractivity contribution in [3.8, 4) is 0 Å². The van der Waals surface area contributed by atoms with Crippen LogP contribution in [-0.2, 0) is 14.4 Å². The van der Waals surface area contributed by atoms with Crippen molar-refractivity contribution in [3.63, 3.8) is 0 Å². The van der Waals surface area contributed by atoms with E-state index in [4.69, 9.17) is 0 Å². The maximum atomic E-state index is 11.3. The van der Waals surface area contributed by atoms with Crippen molar-refractivity contribution < 1.29 is 14.4 Å². The third-order valence-corrected chi connectivity index (χ3v) is 3.22. The average molecular weight is 283 g/mol. The van der Waals surface area contributed by atoms with E-state index in [1.54, 1.807) is 6.92 Å². The summed E-state index contributed by atoms with van der Waals surface area (Å²) in [6, 6.07) is 0. The molecule has 0 aromatic carbocycles. The highest BCUT2D eigenvalue weighted by atomic mass is 16.2. The Morgan fingerprint density at radius 3 is 1.55 bits per heavy atom. The number of ketones is 2. The topological polar surface area (TPSA) is 63.2 Å². The van der Waals surface area contributed by atoms with Gasteiger partial charge in [0.2, 0.25) is 5.91 Å². The van der Waals surface area contributed by atoms with Gasteiger partial charge in [-0.05, 0) is 26.7 Å². The number of carbonyl (C=O) groups excluding carboxylic acids is 3. The molecule has 0 aliphatic rings. The lowest BCUT2D eigenvalue weighted by Crippen LogP contribution is -2.27. The lowest BCUT2D eigenvalue weighted by Gasteiger charge is -2.03. The number of hydrogen-bond donors (Lipinski definition) is 1. The zero-order chi connectivity index (χ0) is 15.2. The lowest BCUT2D eigenvalue weighted by molar-refractivity contribution is -0.124. The van der Waals surface area contributed by atoms with Gasteiger partial charge in [-0.2, -0.15) is 0 Å². The molecular formula is C16H29NO3. The molecule has 0 rings (SSSR count). The van der Waals surface area contributed by atoms with Crippen molar-refractivity contribution in [1.29, 1.82) is 0 Å². The summed E-state index contributed by atoms with van der Waals surface area (Å²) in [5, 5.41) is 2.60. The molecule has 0 atom stereocenters. The van der Waals surface area contributed by atoms with Gasteiger partial charge < -0.3 is 10.1 Å². The van der Waals surface area contributed by atoms with Gasteiger partial charge in [0.05, 0.1) is 6.54 Å². The Balaban J connectivity index is 3.18. The minimum atomic E-state index is -0.0237. The fourth-order valence-corrected chi connectivity index (χ4v) is 2.03. The standard InChI is InChI=1S/C16H29NO3/c1-14(18)11-9-7-5-3-4-6-8-10-12-16(20)17-13-15(2)19/h3-13H2,1-2H3,(H,17,20). The first-order chi connectivity index (χ1) is 9.52. The van der Waals surface area contributed by atoms with Crippen LogP contribution < -0.4 is 5.32 Å². The van der Waals surface area contributed by atoms with Crippen LogP contribution in [0.3, 0.4) is 0 Å². The predicted octanol–water partition coefficient (Wildman–Crippen LogP) is 3.18. The van der Waals surface area contributed by atoms with Crippen LogP contribution in [0.5, 0.6) is 0 Å². The average Bonchev–Trinajstić information content (AvgIpc) is 2.38. The Bertz CT molecular complexity index is 300. The quantitative estimate of drug-likeness (QED) is 0.528. The number of rotatable bonds is 13. The van der Waals surface area contributed by atoms with Gasteiger partial charge in [-0.25, -0.2) is 0 Å². The summed E-state index contributed by atoms with van der Waals surface area (Å²) in [4.78, 5) is 32.7. The fraction of sp³-hybridized carbons (Fsp3) is 0.812. The normalized spacial score (nSPS) is 10.3. The summed E-state index contributed by atoms with van der Waals surface area (Å²) in [6.07, 6.45) is 10.2. The minimum Gasteiger partial charge on any atom is -0.349 e. The molecule has 0 unspecified atom stereocenters. The van der Waals surface area contributed by atoms with E-state index in [9.17, 15) is 14.4 Å². The van der Waals surface area contributed by atoms with Crippen LogP contribution in [0.1, 0.15) is 78.1 Å². The molecule has 0 aliphatic heterocycles. The summed E-state index contributed by atoms with van der Waals surface area (Å²) in [5.74, 6) is 0.251. The molecule has 0 saturated carbocycles. The minimum absolute atomic E-state index is 0.0110. The summed E-state index contributed by atoms with van der Waals surface area (Å²) in [5.41, 5.74) is 0. The molecule has 0 heterocycles. The van der Waals surface area contributed by atoms with Gasteiger partial charge in [0, 0.05) is 12.8 Å². The molecule has 0 aliphatic carbocycles. The molecule has 116 valence electrons. The number of Topliss-reactive ketones (excluding diaryl/α,β-unsaturated/α-hetero) is 2. The zero-order valence-corrected chi connectivity index (χ0v) is 13.0. The number of carbonyl (C=O) groups is 3. The van der Waals surface area contributed by atoms with E-state index in [1.807, 2.05) is 0 Å². The Hall–Kier alpha value is -1.19. The highest BCUT2D eigenvalue weighted by Gasteiger charge is 2.01. The first-order valence-electron chi connectivity index (χ1n) is 7.78. The van der Waals surface area contributed by atoms with E-state index in [0.29, 0.717) is 6.42 Å². The Morgan fingerprint density at radius 1 is 0.650 bits per heavy atom. The van der Waals surface area contributed by atoms with Crippen molar-refractivity contribution >= 4 is 17.5 Å². The molecule has 20 heavy (non-hydrogen) atoms. The zero-order valence-electron chi connectivity index (χ0n) is 13.0. The lowest BCUT2D eigenvalue weighted by atomic mass is 10.1. The van der Waals surface area contributed by atoms with Gasteiger partial charge in [0.1, 0.15) is 11.6 Å². The van der Waals surface area contributed by atoms with E-state index in [0.717, 1.165) is 38.5 Å². The van der Waals surface area contributed by atoms with Crippen LogP contribution in [0.25, 0.3) is 0 Å². The maximum Gasteiger partial charge on any atom is 0.220 e. The third-order valence-electron chi connectivity index (χ3n) is 3.22. The molecule has 0 fully saturated rings. The SMILES string of the molecule is CC(=O)CCCCCCCCCCC(=O)NCC(C)=O. The molecule has 0 radical (unpaired) electrons. The number of amides is 1. The molecule has 1 N–H and O–H groups in total. The molecule has 4 nitrogen and oxygen atoms in total. The molecule has 0 aromatic rings. The Labute approximate surface area is 122 Å². The fourth-order valence-electron chi connectivity index (χ4n) is 2.03. The maximum absolute atomic E-state index is 11.3. The number of unbranched alkanes of at least 4 members (excludes halogenated alkanes) is 7. The second-order valence-corrected chi connectivity index (χ2v) is 5.51. The molecule has 4 heteroatoms. The summed E-state index contributed by atoms with van der Waals surface area (Å²) >= 11 is 0. The third kappa shape index (κ3) is 14.9. The molecule has 0 spiro atoms. The van der Waals surface area contributed by atoms with E-state index in [2.05, 4.69) is 5.32 Å². The van der Waals surface area contributed by atoms with Crippen molar-refractivity contribution in [3.05, 3.63) is 0 Å². The smallest absolute Gasteiger partial charge is 0.220 e. The van der Waals surface area contributed by atoms with Crippen molar-refractivity contribution in [2.24, 2.45) is 0 Å². The second-order valence-electron chi connectivity index (χ2n) is 5.51. The van der Waals surface area contributed by atoms with Gasteiger partial charge >= 0.3 is 0 Å². The van der Waals surface area contributed by atoms with Crippen molar-refractivity contribution in [2.45, 2.75) is 78.1 Å². The highest BCUT2D eigenvalue weighted by molar-refractivity contribution is 5.84. The Morgan fingerprint density at radius 2 is 1.10 bits per heavy atom. The summed E-state index contributed by atoms with van der Waals surface area (Å²) < 4.78 is 0. The Kier molecular flexibility index (Phi) is 12.1. The van der Waals surface area contributed by atoms with Crippen molar-refractivity contribution in [1.82, 2.24) is 5.32 Å². The second kappa shape index (κ2) is 12.8. The number of nitrogens with one attached hydrogen (secondary N) is 1. The number of hydrogen-bond acceptors (Lipinski definition) is 3. The molecule has 0 saturated heterocycles.